The van der Waals surface area contributed by atoms with Crippen molar-refractivity contribution in [2.45, 2.75) is 17.1 Å². The van der Waals surface area contributed by atoms with Gasteiger partial charge in [0, 0.05) is 27.8 Å². The molecule has 0 radical (unpaired) electrons. The molecular formula is C24H23ClN2O2S. The van der Waals surface area contributed by atoms with Gasteiger partial charge in [-0.05, 0) is 53.9 Å². The van der Waals surface area contributed by atoms with Gasteiger partial charge in [-0.3, -0.25) is 9.59 Å². The van der Waals surface area contributed by atoms with E-state index in [2.05, 4.69) is 10.6 Å². The average Bonchev–Trinajstić information content (AvgIpc) is 2.78. The molecule has 3 rings (SSSR count). The first-order valence-corrected chi connectivity index (χ1v) is 11.0. The molecular weight excluding hydrogens is 416 g/mol. The van der Waals surface area contributed by atoms with E-state index in [1.807, 2.05) is 66.7 Å². The van der Waals surface area contributed by atoms with Crippen molar-refractivity contribution in [2.24, 2.45) is 0 Å². The average molecular weight is 439 g/mol. The molecule has 0 aliphatic carbocycles. The van der Waals surface area contributed by atoms with Gasteiger partial charge in [0.05, 0.1) is 6.54 Å². The predicted molar refractivity (Wildman–Crippen MR) is 123 cm³/mol. The topological polar surface area (TPSA) is 58.2 Å². The second-order valence-electron chi connectivity index (χ2n) is 6.71. The number of rotatable bonds is 9. The monoisotopic (exact) mass is 438 g/mol. The summed E-state index contributed by atoms with van der Waals surface area (Å²) in [6.45, 7) is 0.500. The summed E-state index contributed by atoms with van der Waals surface area (Å²) in [6, 6.07) is 25.1. The Hall–Kier alpha value is -2.76. The maximum atomic E-state index is 12.3. The highest BCUT2D eigenvalue weighted by molar-refractivity contribution is 7.98. The molecule has 6 heteroatoms. The van der Waals surface area contributed by atoms with Crippen molar-refractivity contribution in [1.29, 1.82) is 0 Å². The van der Waals surface area contributed by atoms with E-state index in [0.29, 0.717) is 12.1 Å². The number of halogens is 1. The normalized spacial score (nSPS) is 10.4. The molecule has 4 nitrogen and oxygen atoms in total. The molecule has 3 aromatic rings. The van der Waals surface area contributed by atoms with Gasteiger partial charge in [0.15, 0.2) is 0 Å². The number of amides is 2. The van der Waals surface area contributed by atoms with Gasteiger partial charge in [0.25, 0.3) is 5.91 Å². The van der Waals surface area contributed by atoms with Gasteiger partial charge in [-0.15, -0.1) is 11.8 Å². The van der Waals surface area contributed by atoms with Gasteiger partial charge in [0.2, 0.25) is 5.91 Å². The van der Waals surface area contributed by atoms with E-state index in [0.717, 1.165) is 33.2 Å². The summed E-state index contributed by atoms with van der Waals surface area (Å²) in [4.78, 5) is 25.3. The molecule has 154 valence electrons. The zero-order valence-electron chi connectivity index (χ0n) is 16.4. The third-order valence-electron chi connectivity index (χ3n) is 4.42. The number of thioether (sulfide) groups is 1. The third kappa shape index (κ3) is 7.25. The molecule has 2 amide bonds. The summed E-state index contributed by atoms with van der Waals surface area (Å²) in [5.74, 6) is 0.341. The van der Waals surface area contributed by atoms with Crippen LogP contribution in [0.3, 0.4) is 0 Å². The van der Waals surface area contributed by atoms with Crippen LogP contribution in [0.25, 0.3) is 0 Å². The number of carbonyl (C=O) groups is 2. The maximum Gasteiger partial charge on any atom is 0.251 e. The fourth-order valence-corrected chi connectivity index (χ4v) is 3.75. The molecule has 2 N–H and O–H groups in total. The van der Waals surface area contributed by atoms with Crippen LogP contribution in [0.2, 0.25) is 5.02 Å². The summed E-state index contributed by atoms with van der Waals surface area (Å²) in [5.41, 5.74) is 2.81. The molecule has 0 fully saturated rings. The number of nitrogens with one attached hydrogen (secondary N) is 2. The Kier molecular flexibility index (Phi) is 8.36. The van der Waals surface area contributed by atoms with Crippen LogP contribution < -0.4 is 10.6 Å². The van der Waals surface area contributed by atoms with Crippen molar-refractivity contribution in [1.82, 2.24) is 10.6 Å². The number of hydrogen-bond donors (Lipinski definition) is 2. The third-order valence-corrected chi connectivity index (χ3v) is 5.76. The van der Waals surface area contributed by atoms with Crippen molar-refractivity contribution >= 4 is 35.2 Å². The fourth-order valence-electron chi connectivity index (χ4n) is 2.77. The van der Waals surface area contributed by atoms with Gasteiger partial charge >= 0.3 is 0 Å². The van der Waals surface area contributed by atoms with Crippen molar-refractivity contribution in [3.63, 3.8) is 0 Å². The highest BCUT2D eigenvalue weighted by atomic mass is 35.5. The molecule has 0 bridgehead atoms. The van der Waals surface area contributed by atoms with Crippen molar-refractivity contribution in [2.75, 3.05) is 13.1 Å². The highest BCUT2D eigenvalue weighted by Gasteiger charge is 2.08. The zero-order chi connectivity index (χ0) is 21.2. The summed E-state index contributed by atoms with van der Waals surface area (Å²) < 4.78 is 0. The highest BCUT2D eigenvalue weighted by Crippen LogP contribution is 2.24. The molecule has 0 atom stereocenters. The number of carbonyl (C=O) groups excluding carboxylic acids is 2. The van der Waals surface area contributed by atoms with Gasteiger partial charge in [0.1, 0.15) is 0 Å². The lowest BCUT2D eigenvalue weighted by molar-refractivity contribution is -0.120. The standard InChI is InChI=1S/C24H23ClN2O2S/c25-21-10-12-22(13-11-21)30-17-19-6-8-20(9-7-19)24(29)27-16-23(28)26-15-14-18-4-2-1-3-5-18/h1-13H,14-17H2,(H,26,28)(H,27,29). The van der Waals surface area contributed by atoms with E-state index < -0.39 is 0 Å². The zero-order valence-corrected chi connectivity index (χ0v) is 18.0. The Bertz CT molecular complexity index is 961. The predicted octanol–water partition coefficient (Wildman–Crippen LogP) is 4.72. The first-order chi connectivity index (χ1) is 14.6. The van der Waals surface area contributed by atoms with Crippen LogP contribution in [0, 0.1) is 0 Å². The Morgan fingerprint density at radius 2 is 1.50 bits per heavy atom. The molecule has 30 heavy (non-hydrogen) atoms. The minimum Gasteiger partial charge on any atom is -0.354 e. The lowest BCUT2D eigenvalue weighted by Gasteiger charge is -2.08. The van der Waals surface area contributed by atoms with Crippen LogP contribution >= 0.6 is 23.4 Å². The minimum absolute atomic E-state index is 0.0399. The van der Waals surface area contributed by atoms with Crippen LogP contribution in [-0.4, -0.2) is 24.9 Å². The molecule has 0 aromatic heterocycles. The lowest BCUT2D eigenvalue weighted by Crippen LogP contribution is -2.37. The molecule has 0 aliphatic heterocycles. The first kappa shape index (κ1) is 21.9. The largest absolute Gasteiger partial charge is 0.354 e. The SMILES string of the molecule is O=C(CNC(=O)c1ccc(CSc2ccc(Cl)cc2)cc1)NCCc1ccccc1. The van der Waals surface area contributed by atoms with E-state index in [1.165, 1.54) is 0 Å². The number of hydrogen-bond acceptors (Lipinski definition) is 3. The van der Waals surface area contributed by atoms with E-state index in [-0.39, 0.29) is 18.4 Å². The van der Waals surface area contributed by atoms with Crippen LogP contribution in [0.15, 0.2) is 83.8 Å². The van der Waals surface area contributed by atoms with E-state index in [9.17, 15) is 9.59 Å². The van der Waals surface area contributed by atoms with Gasteiger partial charge in [-0.2, -0.15) is 0 Å². The summed E-state index contributed by atoms with van der Waals surface area (Å²) in [5, 5.41) is 6.20. The Morgan fingerprint density at radius 3 is 2.20 bits per heavy atom. The van der Waals surface area contributed by atoms with Gasteiger partial charge in [-0.1, -0.05) is 54.1 Å². The fraction of sp³-hybridized carbons (Fsp3) is 0.167. The quantitative estimate of drug-likeness (QED) is 0.475. The first-order valence-electron chi connectivity index (χ1n) is 9.66. The molecule has 0 aliphatic rings. The molecule has 0 heterocycles. The Morgan fingerprint density at radius 1 is 0.800 bits per heavy atom. The molecule has 0 saturated carbocycles. The van der Waals surface area contributed by atoms with Crippen LogP contribution in [-0.2, 0) is 17.0 Å². The van der Waals surface area contributed by atoms with Crippen molar-refractivity contribution in [3.8, 4) is 0 Å². The summed E-state index contributed by atoms with van der Waals surface area (Å²) in [7, 11) is 0. The minimum atomic E-state index is -0.259. The molecule has 0 unspecified atom stereocenters. The van der Waals surface area contributed by atoms with E-state index >= 15 is 0 Å². The second-order valence-corrected chi connectivity index (χ2v) is 8.19. The smallest absolute Gasteiger partial charge is 0.251 e. The molecule has 3 aromatic carbocycles. The Labute approximate surface area is 186 Å². The van der Waals surface area contributed by atoms with E-state index in [1.54, 1.807) is 23.9 Å². The lowest BCUT2D eigenvalue weighted by atomic mass is 10.1. The van der Waals surface area contributed by atoms with Gasteiger partial charge in [-0.25, -0.2) is 0 Å². The molecule has 0 spiro atoms. The second kappa shape index (κ2) is 11.4. The van der Waals surface area contributed by atoms with Crippen molar-refractivity contribution < 1.29 is 9.59 Å². The van der Waals surface area contributed by atoms with Crippen LogP contribution in [0.5, 0.6) is 0 Å². The van der Waals surface area contributed by atoms with E-state index in [4.69, 9.17) is 11.6 Å². The molecule has 0 saturated heterocycles. The van der Waals surface area contributed by atoms with Crippen LogP contribution in [0.1, 0.15) is 21.5 Å². The summed E-state index contributed by atoms with van der Waals surface area (Å²) >= 11 is 7.60. The maximum absolute atomic E-state index is 12.3. The van der Waals surface area contributed by atoms with Crippen LogP contribution in [0.4, 0.5) is 0 Å². The Balaban J connectivity index is 1.38. The van der Waals surface area contributed by atoms with Gasteiger partial charge < -0.3 is 10.6 Å². The number of benzene rings is 3. The van der Waals surface area contributed by atoms with Crippen molar-refractivity contribution in [3.05, 3.63) is 101 Å². The summed E-state index contributed by atoms with van der Waals surface area (Å²) in [6.07, 6.45) is 0.760.